The predicted molar refractivity (Wildman–Crippen MR) is 97.3 cm³/mol. The van der Waals surface area contributed by atoms with Crippen LogP contribution in [-0.4, -0.2) is 33.6 Å². The molecular formula is C17H20BrN5O. The van der Waals surface area contributed by atoms with Crippen LogP contribution in [0.4, 0.5) is 0 Å². The Morgan fingerprint density at radius 3 is 2.67 bits per heavy atom. The first kappa shape index (κ1) is 16.7. The van der Waals surface area contributed by atoms with Crippen LogP contribution in [0.3, 0.4) is 0 Å². The van der Waals surface area contributed by atoms with E-state index < -0.39 is 5.54 Å². The van der Waals surface area contributed by atoms with Gasteiger partial charge in [0.1, 0.15) is 5.54 Å². The van der Waals surface area contributed by atoms with E-state index in [0.717, 1.165) is 21.4 Å². The first-order valence-electron chi connectivity index (χ1n) is 7.67. The molecule has 2 aromatic rings. The van der Waals surface area contributed by atoms with Gasteiger partial charge in [-0.2, -0.15) is 5.10 Å². The Bertz CT molecular complexity index is 843. The van der Waals surface area contributed by atoms with E-state index in [-0.39, 0.29) is 17.8 Å². The van der Waals surface area contributed by atoms with E-state index in [9.17, 15) is 4.79 Å². The van der Waals surface area contributed by atoms with Crippen LogP contribution in [0.5, 0.6) is 0 Å². The monoisotopic (exact) mass is 389 g/mol. The van der Waals surface area contributed by atoms with E-state index in [0.29, 0.717) is 0 Å². The van der Waals surface area contributed by atoms with Crippen LogP contribution in [-0.2, 0) is 17.4 Å². The number of aliphatic imine (C=N–C) groups is 1. The Kier molecular flexibility index (Phi) is 3.99. The molecule has 126 valence electrons. The van der Waals surface area contributed by atoms with Gasteiger partial charge < -0.3 is 5.73 Å². The number of carbonyl (C=O) groups is 1. The van der Waals surface area contributed by atoms with Gasteiger partial charge in [-0.25, -0.2) is 4.99 Å². The largest absolute Gasteiger partial charge is 0.369 e. The second kappa shape index (κ2) is 5.73. The molecule has 0 saturated carbocycles. The molecule has 6 nitrogen and oxygen atoms in total. The Hall–Kier alpha value is -2.15. The lowest BCUT2D eigenvalue weighted by atomic mass is 9.82. The fourth-order valence-corrected chi connectivity index (χ4v) is 3.46. The number of halogens is 1. The molecule has 1 aliphatic rings. The summed E-state index contributed by atoms with van der Waals surface area (Å²) in [5.74, 6) is -0.151. The highest BCUT2D eigenvalue weighted by Gasteiger charge is 2.45. The number of benzene rings is 1. The summed E-state index contributed by atoms with van der Waals surface area (Å²) in [4.78, 5) is 18.5. The second-order valence-corrected chi connectivity index (χ2v) is 7.20. The molecule has 1 aromatic heterocycles. The van der Waals surface area contributed by atoms with Gasteiger partial charge in [0.15, 0.2) is 5.96 Å². The predicted octanol–water partition coefficient (Wildman–Crippen LogP) is 2.49. The van der Waals surface area contributed by atoms with Crippen molar-refractivity contribution in [3.05, 3.63) is 40.5 Å². The highest BCUT2D eigenvalue weighted by molar-refractivity contribution is 9.10. The van der Waals surface area contributed by atoms with E-state index >= 15 is 0 Å². The summed E-state index contributed by atoms with van der Waals surface area (Å²) < 4.78 is 2.77. The molecule has 2 N–H and O–H groups in total. The van der Waals surface area contributed by atoms with Gasteiger partial charge in [-0.3, -0.25) is 14.4 Å². The van der Waals surface area contributed by atoms with Crippen molar-refractivity contribution in [1.82, 2.24) is 14.7 Å². The molecule has 0 bridgehead atoms. The molecule has 1 amide bonds. The standard InChI is InChI=1S/C17H20BrN5O/c1-10-15(24)22(3)16(19)20-17(10,2)14-9-13(21-23(14)4)11-6-5-7-12(18)8-11/h5-10H,1-4H3,(H2,19,20)/t10-,17-/m0/s1. The Morgan fingerprint density at radius 2 is 2.00 bits per heavy atom. The molecule has 1 aromatic carbocycles. The number of nitrogens with two attached hydrogens (primary N) is 1. The molecule has 3 rings (SSSR count). The molecule has 2 atom stereocenters. The number of aryl methyl sites for hydroxylation is 1. The van der Waals surface area contributed by atoms with Crippen molar-refractivity contribution in [2.75, 3.05) is 7.05 Å². The maximum atomic E-state index is 12.5. The number of nitrogens with zero attached hydrogens (tertiary/aromatic N) is 4. The third kappa shape index (κ3) is 2.53. The average Bonchev–Trinajstić information content (AvgIpc) is 2.94. The van der Waals surface area contributed by atoms with E-state index in [4.69, 9.17) is 5.73 Å². The molecule has 24 heavy (non-hydrogen) atoms. The van der Waals surface area contributed by atoms with E-state index in [1.165, 1.54) is 4.90 Å². The van der Waals surface area contributed by atoms with Crippen molar-refractivity contribution in [3.63, 3.8) is 0 Å². The van der Waals surface area contributed by atoms with E-state index in [2.05, 4.69) is 26.0 Å². The Morgan fingerprint density at radius 1 is 1.29 bits per heavy atom. The zero-order valence-electron chi connectivity index (χ0n) is 14.1. The van der Waals surface area contributed by atoms with Crippen LogP contribution in [0.1, 0.15) is 19.5 Å². The highest BCUT2D eigenvalue weighted by Crippen LogP contribution is 2.38. The van der Waals surface area contributed by atoms with Crippen molar-refractivity contribution in [1.29, 1.82) is 0 Å². The van der Waals surface area contributed by atoms with Gasteiger partial charge in [-0.1, -0.05) is 35.0 Å². The van der Waals surface area contributed by atoms with E-state index in [1.807, 2.05) is 51.2 Å². The third-order valence-corrected chi connectivity index (χ3v) is 5.25. The SMILES string of the molecule is C[C@H]1C(=O)N(C)C(N)=N[C@]1(C)c1cc(-c2cccc(Br)c2)nn1C. The van der Waals surface area contributed by atoms with Gasteiger partial charge >= 0.3 is 0 Å². The van der Waals surface area contributed by atoms with Gasteiger partial charge in [0.2, 0.25) is 5.91 Å². The third-order valence-electron chi connectivity index (χ3n) is 4.75. The molecule has 0 fully saturated rings. The van der Waals surface area contributed by atoms with Crippen molar-refractivity contribution in [2.45, 2.75) is 19.4 Å². The normalized spacial score (nSPS) is 24.2. The number of hydrogen-bond donors (Lipinski definition) is 1. The fraction of sp³-hybridized carbons (Fsp3) is 0.353. The Balaban J connectivity index is 2.12. The fourth-order valence-electron chi connectivity index (χ4n) is 3.06. The van der Waals surface area contributed by atoms with Crippen molar-refractivity contribution < 1.29 is 4.79 Å². The van der Waals surface area contributed by atoms with Crippen LogP contribution in [0.15, 0.2) is 39.8 Å². The summed E-state index contributed by atoms with van der Waals surface area (Å²) in [6.45, 7) is 3.80. The number of amides is 1. The minimum atomic E-state index is -0.750. The molecule has 1 aliphatic heterocycles. The maximum absolute atomic E-state index is 12.5. The molecule has 2 heterocycles. The van der Waals surface area contributed by atoms with Gasteiger partial charge in [-0.05, 0) is 25.1 Å². The molecule has 0 unspecified atom stereocenters. The first-order valence-corrected chi connectivity index (χ1v) is 8.46. The van der Waals surface area contributed by atoms with Crippen LogP contribution < -0.4 is 5.73 Å². The minimum absolute atomic E-state index is 0.0461. The first-order chi connectivity index (χ1) is 11.2. The van der Waals surface area contributed by atoms with Crippen molar-refractivity contribution >= 4 is 27.8 Å². The van der Waals surface area contributed by atoms with Gasteiger partial charge in [0.25, 0.3) is 0 Å². The topological polar surface area (TPSA) is 76.5 Å². The molecule has 0 saturated heterocycles. The molecular weight excluding hydrogens is 370 g/mol. The smallest absolute Gasteiger partial charge is 0.234 e. The Labute approximate surface area is 149 Å². The van der Waals surface area contributed by atoms with Gasteiger partial charge in [-0.15, -0.1) is 0 Å². The van der Waals surface area contributed by atoms with Crippen molar-refractivity contribution in [2.24, 2.45) is 23.7 Å². The van der Waals surface area contributed by atoms with E-state index in [1.54, 1.807) is 11.7 Å². The number of aromatic nitrogens is 2. The zero-order chi connectivity index (χ0) is 17.6. The summed E-state index contributed by atoms with van der Waals surface area (Å²) in [6.07, 6.45) is 0. The van der Waals surface area contributed by atoms with Crippen LogP contribution in [0, 0.1) is 5.92 Å². The number of hydrogen-bond acceptors (Lipinski definition) is 4. The maximum Gasteiger partial charge on any atom is 0.234 e. The summed E-state index contributed by atoms with van der Waals surface area (Å²) in [7, 11) is 3.51. The lowest BCUT2D eigenvalue weighted by molar-refractivity contribution is -0.133. The lowest BCUT2D eigenvalue weighted by Gasteiger charge is -2.38. The molecule has 0 spiro atoms. The quantitative estimate of drug-likeness (QED) is 0.856. The zero-order valence-corrected chi connectivity index (χ0v) is 15.7. The lowest BCUT2D eigenvalue weighted by Crippen LogP contribution is -2.53. The highest BCUT2D eigenvalue weighted by atomic mass is 79.9. The molecule has 0 aliphatic carbocycles. The summed E-state index contributed by atoms with van der Waals surface area (Å²) >= 11 is 3.48. The second-order valence-electron chi connectivity index (χ2n) is 6.29. The summed E-state index contributed by atoms with van der Waals surface area (Å²) in [5.41, 5.74) is 7.89. The summed E-state index contributed by atoms with van der Waals surface area (Å²) in [6, 6.07) is 9.92. The minimum Gasteiger partial charge on any atom is -0.369 e. The average molecular weight is 390 g/mol. The number of guanidine groups is 1. The van der Waals surface area contributed by atoms with Crippen LogP contribution in [0.25, 0.3) is 11.3 Å². The van der Waals surface area contributed by atoms with Crippen LogP contribution >= 0.6 is 15.9 Å². The van der Waals surface area contributed by atoms with Crippen LogP contribution in [0.2, 0.25) is 0 Å². The molecule has 7 heteroatoms. The number of carbonyl (C=O) groups excluding carboxylic acids is 1. The molecule has 0 radical (unpaired) electrons. The van der Waals surface area contributed by atoms with Gasteiger partial charge in [0, 0.05) is 24.1 Å². The number of rotatable bonds is 2. The summed E-state index contributed by atoms with van der Waals surface area (Å²) in [5, 5.41) is 4.61. The van der Waals surface area contributed by atoms with Crippen molar-refractivity contribution in [3.8, 4) is 11.3 Å². The van der Waals surface area contributed by atoms with Gasteiger partial charge in [0.05, 0.1) is 17.3 Å².